The third kappa shape index (κ3) is 3.12. The fraction of sp³-hybridized carbons (Fsp3) is 0.364. The molecule has 0 aliphatic carbocycles. The number of thiophene rings is 1. The zero-order valence-electron chi connectivity index (χ0n) is 8.64. The number of likely N-dealkylation sites (N-methyl/N-ethyl adjacent to an activating group) is 1. The van der Waals surface area contributed by atoms with Crippen LogP contribution in [0.25, 0.3) is 0 Å². The van der Waals surface area contributed by atoms with Crippen LogP contribution in [0.4, 0.5) is 0 Å². The molecule has 0 bridgehead atoms. The van der Waals surface area contributed by atoms with E-state index in [0.717, 1.165) is 12.8 Å². The van der Waals surface area contributed by atoms with Crippen LogP contribution in [0.3, 0.4) is 0 Å². The van der Waals surface area contributed by atoms with E-state index in [9.17, 15) is 0 Å². The average molecular weight is 238 g/mol. The zero-order valence-corrected chi connectivity index (χ0v) is 10.3. The van der Waals surface area contributed by atoms with E-state index in [-0.39, 0.29) is 0 Å². The van der Waals surface area contributed by atoms with Crippen molar-refractivity contribution in [1.82, 2.24) is 10.3 Å². The van der Waals surface area contributed by atoms with E-state index in [2.05, 4.69) is 27.8 Å². The van der Waals surface area contributed by atoms with Crippen LogP contribution in [0.1, 0.15) is 9.75 Å². The molecule has 0 amide bonds. The van der Waals surface area contributed by atoms with Crippen LogP contribution in [0, 0.1) is 0 Å². The molecule has 0 spiro atoms. The van der Waals surface area contributed by atoms with E-state index in [1.807, 2.05) is 30.1 Å². The molecule has 0 fully saturated rings. The molecule has 1 unspecified atom stereocenters. The van der Waals surface area contributed by atoms with E-state index in [1.165, 1.54) is 9.75 Å². The van der Waals surface area contributed by atoms with Gasteiger partial charge in [-0.25, -0.2) is 0 Å². The van der Waals surface area contributed by atoms with Gasteiger partial charge in [0.2, 0.25) is 0 Å². The van der Waals surface area contributed by atoms with E-state index in [1.54, 1.807) is 11.3 Å². The first kappa shape index (κ1) is 10.8. The molecule has 1 atom stereocenters. The minimum absolute atomic E-state index is 0.518. The maximum atomic E-state index is 4.10. The van der Waals surface area contributed by atoms with E-state index < -0.39 is 0 Å². The van der Waals surface area contributed by atoms with Crippen LogP contribution < -0.4 is 5.32 Å². The Kier molecular flexibility index (Phi) is 3.88. The number of nitrogens with one attached hydrogen (secondary N) is 1. The van der Waals surface area contributed by atoms with Crippen molar-refractivity contribution in [3.63, 3.8) is 0 Å². The predicted octanol–water partition coefficient (Wildman–Crippen LogP) is 2.58. The maximum Gasteiger partial charge on any atom is 0.0794 e. The van der Waals surface area contributed by atoms with Gasteiger partial charge in [-0.05, 0) is 31.3 Å². The molecule has 0 saturated heterocycles. The topological polar surface area (TPSA) is 24.9 Å². The van der Waals surface area contributed by atoms with Crippen LogP contribution in [0.2, 0.25) is 0 Å². The van der Waals surface area contributed by atoms with Crippen molar-refractivity contribution >= 4 is 22.7 Å². The second kappa shape index (κ2) is 5.39. The van der Waals surface area contributed by atoms with Gasteiger partial charge in [-0.15, -0.1) is 22.7 Å². The summed E-state index contributed by atoms with van der Waals surface area (Å²) in [6.07, 6.45) is 4.13. The highest BCUT2D eigenvalue weighted by Crippen LogP contribution is 2.15. The Hall–Kier alpha value is -0.710. The summed E-state index contributed by atoms with van der Waals surface area (Å²) in [5.74, 6) is 0. The van der Waals surface area contributed by atoms with Crippen molar-refractivity contribution in [2.75, 3.05) is 7.05 Å². The van der Waals surface area contributed by atoms with Crippen LogP contribution in [-0.4, -0.2) is 18.1 Å². The third-order valence-corrected chi connectivity index (χ3v) is 4.07. The standard InChI is InChI=1S/C11H14N2S2/c1-12-9(5-10-3-2-4-14-10)6-11-7-13-8-15-11/h2-4,7-9,12H,5-6H2,1H3. The molecule has 0 saturated carbocycles. The van der Waals surface area contributed by atoms with E-state index in [0.29, 0.717) is 6.04 Å². The highest BCUT2D eigenvalue weighted by Gasteiger charge is 2.09. The van der Waals surface area contributed by atoms with Crippen LogP contribution in [0.5, 0.6) is 0 Å². The molecule has 0 aliphatic rings. The molecule has 2 heterocycles. The lowest BCUT2D eigenvalue weighted by atomic mass is 10.1. The second-order valence-electron chi connectivity index (χ2n) is 3.44. The summed E-state index contributed by atoms with van der Waals surface area (Å²) in [6, 6.07) is 4.82. The summed E-state index contributed by atoms with van der Waals surface area (Å²) in [7, 11) is 2.03. The largest absolute Gasteiger partial charge is 0.316 e. The molecule has 2 aromatic heterocycles. The van der Waals surface area contributed by atoms with Gasteiger partial charge in [-0.3, -0.25) is 4.98 Å². The SMILES string of the molecule is CNC(Cc1cccs1)Cc1cncs1. The van der Waals surface area contributed by atoms with Gasteiger partial charge in [-0.2, -0.15) is 0 Å². The lowest BCUT2D eigenvalue weighted by Crippen LogP contribution is -2.29. The van der Waals surface area contributed by atoms with Crippen molar-refractivity contribution < 1.29 is 0 Å². The number of thiazole rings is 1. The highest BCUT2D eigenvalue weighted by molar-refractivity contribution is 7.10. The Balaban J connectivity index is 1.93. The molecule has 2 aromatic rings. The molecular weight excluding hydrogens is 224 g/mol. The van der Waals surface area contributed by atoms with Crippen molar-refractivity contribution in [2.45, 2.75) is 18.9 Å². The first-order valence-electron chi connectivity index (χ1n) is 4.95. The molecule has 0 aromatic carbocycles. The summed E-state index contributed by atoms with van der Waals surface area (Å²) < 4.78 is 0. The minimum Gasteiger partial charge on any atom is -0.316 e. The maximum absolute atomic E-state index is 4.10. The molecule has 1 N–H and O–H groups in total. The van der Waals surface area contributed by atoms with E-state index in [4.69, 9.17) is 0 Å². The van der Waals surface area contributed by atoms with Gasteiger partial charge in [0.25, 0.3) is 0 Å². The Bertz CT molecular complexity index is 331. The summed E-state index contributed by atoms with van der Waals surface area (Å²) >= 11 is 3.56. The summed E-state index contributed by atoms with van der Waals surface area (Å²) in [6.45, 7) is 0. The molecular formula is C11H14N2S2. The van der Waals surface area contributed by atoms with Crippen LogP contribution in [-0.2, 0) is 12.8 Å². The van der Waals surface area contributed by atoms with Crippen molar-refractivity contribution in [3.05, 3.63) is 39.0 Å². The molecule has 2 nitrogen and oxygen atoms in total. The average Bonchev–Trinajstić information content (AvgIpc) is 2.89. The van der Waals surface area contributed by atoms with Crippen LogP contribution >= 0.6 is 22.7 Å². The molecule has 15 heavy (non-hydrogen) atoms. The van der Waals surface area contributed by atoms with Gasteiger partial charge in [0, 0.05) is 22.0 Å². The van der Waals surface area contributed by atoms with E-state index >= 15 is 0 Å². The lowest BCUT2D eigenvalue weighted by molar-refractivity contribution is 0.563. The van der Waals surface area contributed by atoms with Crippen LogP contribution in [0.15, 0.2) is 29.2 Å². The Morgan fingerprint density at radius 1 is 1.33 bits per heavy atom. The zero-order chi connectivity index (χ0) is 10.5. The fourth-order valence-electron chi connectivity index (χ4n) is 1.53. The molecule has 2 rings (SSSR count). The number of aromatic nitrogens is 1. The van der Waals surface area contributed by atoms with Crippen molar-refractivity contribution in [3.8, 4) is 0 Å². The quantitative estimate of drug-likeness (QED) is 0.866. The minimum atomic E-state index is 0.518. The third-order valence-electron chi connectivity index (χ3n) is 2.37. The first-order chi connectivity index (χ1) is 7.38. The second-order valence-corrected chi connectivity index (χ2v) is 5.44. The number of hydrogen-bond acceptors (Lipinski definition) is 4. The fourth-order valence-corrected chi connectivity index (χ4v) is 3.00. The highest BCUT2D eigenvalue weighted by atomic mass is 32.1. The molecule has 80 valence electrons. The Morgan fingerprint density at radius 2 is 2.20 bits per heavy atom. The Labute approximate surface area is 98.0 Å². The molecule has 4 heteroatoms. The Morgan fingerprint density at radius 3 is 2.80 bits per heavy atom. The molecule has 0 aliphatic heterocycles. The van der Waals surface area contributed by atoms with Gasteiger partial charge in [0.1, 0.15) is 0 Å². The van der Waals surface area contributed by atoms with Gasteiger partial charge >= 0.3 is 0 Å². The van der Waals surface area contributed by atoms with Crippen molar-refractivity contribution in [2.24, 2.45) is 0 Å². The smallest absolute Gasteiger partial charge is 0.0794 e. The summed E-state index contributed by atoms with van der Waals surface area (Å²) in [4.78, 5) is 6.90. The molecule has 0 radical (unpaired) electrons. The number of nitrogens with zero attached hydrogens (tertiary/aromatic N) is 1. The number of hydrogen-bond donors (Lipinski definition) is 1. The van der Waals surface area contributed by atoms with Crippen molar-refractivity contribution in [1.29, 1.82) is 0 Å². The summed E-state index contributed by atoms with van der Waals surface area (Å²) in [5.41, 5.74) is 1.90. The number of rotatable bonds is 5. The van der Waals surface area contributed by atoms with Gasteiger partial charge < -0.3 is 5.32 Å². The van der Waals surface area contributed by atoms with Gasteiger partial charge in [0.15, 0.2) is 0 Å². The summed E-state index contributed by atoms with van der Waals surface area (Å²) in [5, 5.41) is 5.50. The normalized spacial score (nSPS) is 12.9. The lowest BCUT2D eigenvalue weighted by Gasteiger charge is -2.13. The first-order valence-corrected chi connectivity index (χ1v) is 6.71. The predicted molar refractivity (Wildman–Crippen MR) is 66.7 cm³/mol. The van der Waals surface area contributed by atoms with Gasteiger partial charge in [0.05, 0.1) is 5.51 Å². The monoisotopic (exact) mass is 238 g/mol. The van der Waals surface area contributed by atoms with Gasteiger partial charge in [-0.1, -0.05) is 6.07 Å².